The summed E-state index contributed by atoms with van der Waals surface area (Å²) in [6.45, 7) is 3.59. The largest absolute Gasteiger partial charge is 0.487 e. The van der Waals surface area contributed by atoms with E-state index in [4.69, 9.17) is 15.0 Å². The third kappa shape index (κ3) is 3.83. The van der Waals surface area contributed by atoms with Gasteiger partial charge in [-0.25, -0.2) is 18.4 Å². The molecular weight excluding hydrogens is 326 g/mol. The molecule has 6 nitrogen and oxygen atoms in total. The van der Waals surface area contributed by atoms with E-state index >= 15 is 0 Å². The van der Waals surface area contributed by atoms with E-state index in [1.54, 1.807) is 0 Å². The number of nitrogens with two attached hydrogens (primary N) is 1. The van der Waals surface area contributed by atoms with Gasteiger partial charge in [0.1, 0.15) is 17.9 Å². The van der Waals surface area contributed by atoms with Crippen molar-refractivity contribution in [1.29, 1.82) is 0 Å². The second-order valence-electron chi connectivity index (χ2n) is 3.31. The van der Waals surface area contributed by atoms with Crippen molar-refractivity contribution in [3.8, 4) is 5.75 Å². The van der Waals surface area contributed by atoms with E-state index in [0.29, 0.717) is 4.48 Å². The van der Waals surface area contributed by atoms with Crippen LogP contribution >= 0.6 is 15.9 Å². The van der Waals surface area contributed by atoms with Crippen LogP contribution in [-0.4, -0.2) is 26.1 Å². The van der Waals surface area contributed by atoms with E-state index in [0.717, 1.165) is 6.07 Å². The van der Waals surface area contributed by atoms with Crippen LogP contribution < -0.4 is 9.88 Å². The van der Waals surface area contributed by atoms with Crippen molar-refractivity contribution in [3.05, 3.63) is 34.8 Å². The fraction of sp³-hybridized carbons (Fsp3) is 0.100. The van der Waals surface area contributed by atoms with E-state index in [-0.39, 0.29) is 22.8 Å². The highest BCUT2D eigenvalue weighted by Gasteiger charge is 2.16. The number of aromatic carboxylic acids is 1. The maximum absolute atomic E-state index is 11.1. The summed E-state index contributed by atoms with van der Waals surface area (Å²) in [5, 5.41) is 13.9. The Balaban J connectivity index is 3.21. The molecule has 0 aliphatic heterocycles. The fourth-order valence-corrected chi connectivity index (χ4v) is 1.79. The quantitative estimate of drug-likeness (QED) is 0.843. The van der Waals surface area contributed by atoms with E-state index in [1.165, 1.54) is 12.1 Å². The highest BCUT2D eigenvalue weighted by Crippen LogP contribution is 2.23. The van der Waals surface area contributed by atoms with E-state index in [9.17, 15) is 13.2 Å². The lowest BCUT2D eigenvalue weighted by molar-refractivity contribution is 0.0692. The number of ether oxygens (including phenoxy) is 1. The van der Waals surface area contributed by atoms with Crippen LogP contribution in [-0.2, 0) is 10.0 Å². The summed E-state index contributed by atoms with van der Waals surface area (Å²) in [6, 6.07) is 3.36. The Morgan fingerprint density at radius 3 is 2.56 bits per heavy atom. The van der Waals surface area contributed by atoms with Gasteiger partial charge in [-0.3, -0.25) is 0 Å². The summed E-state index contributed by atoms with van der Waals surface area (Å²) >= 11 is 3.06. The van der Waals surface area contributed by atoms with Gasteiger partial charge in [-0.05, 0) is 18.2 Å². The second-order valence-corrected chi connectivity index (χ2v) is 6.00. The summed E-state index contributed by atoms with van der Waals surface area (Å²) in [6.07, 6.45) is 0. The Bertz CT molecular complexity index is 596. The standard InChI is InChI=1S/C10H10BrNO5S/c1-6(11)5-17-9-3-2-7(18(12,15)16)4-8(9)10(13)14/h2-4H,1,5H2,(H,13,14)(H2,12,15,16). The first kappa shape index (κ1) is 14.7. The lowest BCUT2D eigenvalue weighted by Crippen LogP contribution is -2.14. The molecule has 0 radical (unpaired) electrons. The minimum absolute atomic E-state index is 0.0375. The number of hydrogen-bond acceptors (Lipinski definition) is 4. The van der Waals surface area contributed by atoms with Crippen molar-refractivity contribution in [2.45, 2.75) is 4.90 Å². The van der Waals surface area contributed by atoms with Crippen LogP contribution in [0, 0.1) is 0 Å². The summed E-state index contributed by atoms with van der Waals surface area (Å²) in [5.41, 5.74) is -0.282. The van der Waals surface area contributed by atoms with E-state index in [1.807, 2.05) is 0 Å². The van der Waals surface area contributed by atoms with Crippen LogP contribution in [0.5, 0.6) is 5.75 Å². The molecule has 0 aliphatic rings. The first-order valence-electron chi connectivity index (χ1n) is 4.58. The van der Waals surface area contributed by atoms with Gasteiger partial charge in [0, 0.05) is 4.48 Å². The molecule has 8 heteroatoms. The van der Waals surface area contributed by atoms with E-state index in [2.05, 4.69) is 22.5 Å². The molecule has 0 aliphatic carbocycles. The van der Waals surface area contributed by atoms with Gasteiger partial charge in [0.05, 0.1) is 4.90 Å². The molecule has 0 bridgehead atoms. The smallest absolute Gasteiger partial charge is 0.339 e. The van der Waals surface area contributed by atoms with Gasteiger partial charge < -0.3 is 9.84 Å². The number of carbonyl (C=O) groups is 1. The van der Waals surface area contributed by atoms with Gasteiger partial charge in [-0.1, -0.05) is 22.5 Å². The van der Waals surface area contributed by atoms with Gasteiger partial charge in [0.15, 0.2) is 0 Å². The highest BCUT2D eigenvalue weighted by atomic mass is 79.9. The van der Waals surface area contributed by atoms with Gasteiger partial charge in [-0.15, -0.1) is 0 Å². The maximum Gasteiger partial charge on any atom is 0.339 e. The molecule has 18 heavy (non-hydrogen) atoms. The van der Waals surface area contributed by atoms with Crippen LogP contribution in [0.1, 0.15) is 10.4 Å². The Hall–Kier alpha value is -1.38. The SMILES string of the molecule is C=C(Br)COc1ccc(S(N)(=O)=O)cc1C(=O)O. The normalized spacial score (nSPS) is 11.0. The molecule has 98 valence electrons. The molecule has 0 saturated carbocycles. The third-order valence-corrected chi connectivity index (χ3v) is 3.03. The number of benzene rings is 1. The molecule has 1 rings (SSSR count). The number of carboxylic acid groups (broad SMARTS) is 1. The lowest BCUT2D eigenvalue weighted by Gasteiger charge is -2.09. The topological polar surface area (TPSA) is 107 Å². The minimum atomic E-state index is -3.95. The maximum atomic E-state index is 11.1. The van der Waals surface area contributed by atoms with Crippen LogP contribution in [0.4, 0.5) is 0 Å². The molecule has 0 unspecified atom stereocenters. The summed E-state index contributed by atoms with van der Waals surface area (Å²) in [5.74, 6) is -1.27. The van der Waals surface area contributed by atoms with Gasteiger partial charge in [0.25, 0.3) is 0 Å². The van der Waals surface area contributed by atoms with Crippen molar-refractivity contribution >= 4 is 31.9 Å². The average molecular weight is 336 g/mol. The second kappa shape index (κ2) is 5.51. The molecule has 0 atom stereocenters. The van der Waals surface area contributed by atoms with Crippen molar-refractivity contribution in [1.82, 2.24) is 0 Å². The molecule has 0 saturated heterocycles. The molecular formula is C10H10BrNO5S. The predicted octanol–water partition coefficient (Wildman–Crippen LogP) is 1.32. The van der Waals surface area contributed by atoms with Crippen molar-refractivity contribution in [2.24, 2.45) is 5.14 Å². The zero-order valence-electron chi connectivity index (χ0n) is 9.09. The van der Waals surface area contributed by atoms with Crippen LogP contribution in [0.25, 0.3) is 0 Å². The Labute approximate surface area is 112 Å². The highest BCUT2D eigenvalue weighted by molar-refractivity contribution is 9.11. The number of carboxylic acids is 1. The molecule has 1 aromatic carbocycles. The number of primary sulfonamides is 1. The molecule has 1 aromatic rings. The van der Waals surface area contributed by atoms with Crippen LogP contribution in [0.3, 0.4) is 0 Å². The average Bonchev–Trinajstić information content (AvgIpc) is 2.24. The van der Waals surface area contributed by atoms with Gasteiger partial charge in [-0.2, -0.15) is 0 Å². The molecule has 0 aromatic heterocycles. The molecule has 0 spiro atoms. The first-order valence-corrected chi connectivity index (χ1v) is 6.92. The summed E-state index contributed by atoms with van der Waals surface area (Å²) in [7, 11) is -3.95. The Morgan fingerprint density at radius 2 is 2.11 bits per heavy atom. The third-order valence-electron chi connectivity index (χ3n) is 1.89. The van der Waals surface area contributed by atoms with Gasteiger partial charge >= 0.3 is 5.97 Å². The zero-order chi connectivity index (χ0) is 13.9. The summed E-state index contributed by atoms with van der Waals surface area (Å²) < 4.78 is 27.9. The van der Waals surface area contributed by atoms with Crippen LogP contribution in [0.2, 0.25) is 0 Å². The Kier molecular flexibility index (Phi) is 4.49. The monoisotopic (exact) mass is 335 g/mol. The fourth-order valence-electron chi connectivity index (χ4n) is 1.14. The molecule has 0 amide bonds. The van der Waals surface area contributed by atoms with Crippen molar-refractivity contribution in [2.75, 3.05) is 6.61 Å². The molecule has 3 N–H and O–H groups in total. The number of sulfonamides is 1. The number of rotatable bonds is 5. The van der Waals surface area contributed by atoms with E-state index < -0.39 is 16.0 Å². The number of hydrogen-bond donors (Lipinski definition) is 2. The van der Waals surface area contributed by atoms with Gasteiger partial charge in [0.2, 0.25) is 10.0 Å². The first-order chi connectivity index (χ1) is 8.21. The molecule has 0 fully saturated rings. The Morgan fingerprint density at radius 1 is 1.50 bits per heavy atom. The van der Waals surface area contributed by atoms with Crippen molar-refractivity contribution in [3.63, 3.8) is 0 Å². The summed E-state index contributed by atoms with van der Waals surface area (Å²) in [4.78, 5) is 10.7. The van der Waals surface area contributed by atoms with Crippen molar-refractivity contribution < 1.29 is 23.1 Å². The van der Waals surface area contributed by atoms with Crippen LogP contribution in [0.15, 0.2) is 34.2 Å². The zero-order valence-corrected chi connectivity index (χ0v) is 11.5. The number of halogens is 1. The predicted molar refractivity (Wildman–Crippen MR) is 68.3 cm³/mol. The lowest BCUT2D eigenvalue weighted by atomic mass is 10.2. The minimum Gasteiger partial charge on any atom is -0.487 e. The molecule has 0 heterocycles.